The SMILES string of the molecule is CS(=O)(=O)N1CCN(Cc2nc3cc(N)ccc3o2)CC1. The first-order valence-corrected chi connectivity index (χ1v) is 8.59. The Labute approximate surface area is 123 Å². The number of sulfonamides is 1. The maximum atomic E-state index is 11.5. The van der Waals surface area contributed by atoms with Crippen LogP contribution in [0.15, 0.2) is 22.6 Å². The Morgan fingerprint density at radius 3 is 2.67 bits per heavy atom. The lowest BCUT2D eigenvalue weighted by Gasteiger charge is -2.32. The fraction of sp³-hybridized carbons (Fsp3) is 0.462. The van der Waals surface area contributed by atoms with Crippen molar-refractivity contribution in [3.63, 3.8) is 0 Å². The lowest BCUT2D eigenvalue weighted by molar-refractivity contribution is 0.170. The standard InChI is InChI=1S/C13H18N4O3S/c1-21(18,19)17-6-4-16(5-7-17)9-13-15-11-8-10(14)2-3-12(11)20-13/h2-3,8H,4-7,9,14H2,1H3. The number of nitrogens with zero attached hydrogens (tertiary/aromatic N) is 3. The van der Waals surface area contributed by atoms with E-state index in [0.717, 1.165) is 5.52 Å². The van der Waals surface area contributed by atoms with Gasteiger partial charge in [0.15, 0.2) is 5.58 Å². The molecule has 1 aromatic heterocycles. The number of oxazole rings is 1. The third-order valence-corrected chi connectivity index (χ3v) is 4.92. The fourth-order valence-electron chi connectivity index (χ4n) is 2.47. The molecule has 1 aromatic carbocycles. The first-order chi connectivity index (χ1) is 9.91. The average molecular weight is 310 g/mol. The largest absolute Gasteiger partial charge is 0.439 e. The third kappa shape index (κ3) is 3.17. The maximum Gasteiger partial charge on any atom is 0.211 e. The van der Waals surface area contributed by atoms with Gasteiger partial charge in [-0.2, -0.15) is 4.31 Å². The summed E-state index contributed by atoms with van der Waals surface area (Å²) >= 11 is 0. The highest BCUT2D eigenvalue weighted by atomic mass is 32.2. The van der Waals surface area contributed by atoms with Crippen LogP contribution in [0.2, 0.25) is 0 Å². The summed E-state index contributed by atoms with van der Waals surface area (Å²) in [6, 6.07) is 5.37. The number of benzene rings is 1. The molecule has 114 valence electrons. The molecule has 0 amide bonds. The van der Waals surface area contributed by atoms with Gasteiger partial charge in [0, 0.05) is 31.9 Å². The molecule has 1 aliphatic heterocycles. The second-order valence-corrected chi connectivity index (χ2v) is 7.26. The van der Waals surface area contributed by atoms with Gasteiger partial charge < -0.3 is 10.2 Å². The number of aromatic nitrogens is 1. The van der Waals surface area contributed by atoms with Gasteiger partial charge in [-0.25, -0.2) is 13.4 Å². The predicted octanol–water partition coefficient (Wildman–Crippen LogP) is 0.487. The molecule has 0 unspecified atom stereocenters. The van der Waals surface area contributed by atoms with Crippen LogP contribution in [0, 0.1) is 0 Å². The predicted molar refractivity (Wildman–Crippen MR) is 80.1 cm³/mol. The summed E-state index contributed by atoms with van der Waals surface area (Å²) in [5.41, 5.74) is 7.84. The van der Waals surface area contributed by atoms with E-state index in [4.69, 9.17) is 10.2 Å². The van der Waals surface area contributed by atoms with Crippen molar-refractivity contribution in [3.8, 4) is 0 Å². The van der Waals surface area contributed by atoms with E-state index in [-0.39, 0.29) is 0 Å². The zero-order valence-electron chi connectivity index (χ0n) is 11.8. The van der Waals surface area contributed by atoms with Crippen LogP contribution in [-0.4, -0.2) is 55.0 Å². The minimum absolute atomic E-state index is 0.506. The smallest absolute Gasteiger partial charge is 0.211 e. The van der Waals surface area contributed by atoms with Crippen LogP contribution < -0.4 is 5.73 Å². The van der Waals surface area contributed by atoms with Crippen LogP contribution in [-0.2, 0) is 16.6 Å². The van der Waals surface area contributed by atoms with Crippen LogP contribution in [0.3, 0.4) is 0 Å². The summed E-state index contributed by atoms with van der Waals surface area (Å²) in [5, 5.41) is 0. The van der Waals surface area contributed by atoms with Gasteiger partial charge in [0.1, 0.15) is 5.52 Å². The highest BCUT2D eigenvalue weighted by molar-refractivity contribution is 7.88. The van der Waals surface area contributed by atoms with Crippen LogP contribution in [0.1, 0.15) is 5.89 Å². The normalized spacial score (nSPS) is 18.3. The number of hydrogen-bond donors (Lipinski definition) is 1. The molecule has 0 saturated carbocycles. The Bertz CT molecular complexity index is 748. The van der Waals surface area contributed by atoms with E-state index in [1.54, 1.807) is 12.1 Å². The summed E-state index contributed by atoms with van der Waals surface area (Å²) in [6.45, 7) is 2.94. The number of nitrogen functional groups attached to an aromatic ring is 1. The molecular formula is C13H18N4O3S. The molecule has 1 saturated heterocycles. The molecule has 0 atom stereocenters. The topological polar surface area (TPSA) is 92.7 Å². The molecule has 0 bridgehead atoms. The van der Waals surface area contributed by atoms with Crippen LogP contribution >= 0.6 is 0 Å². The zero-order chi connectivity index (χ0) is 15.0. The van der Waals surface area contributed by atoms with Crippen molar-refractivity contribution >= 4 is 26.8 Å². The monoisotopic (exact) mass is 310 g/mol. The molecule has 0 aliphatic carbocycles. The molecule has 3 rings (SSSR count). The van der Waals surface area contributed by atoms with Gasteiger partial charge in [-0.05, 0) is 18.2 Å². The Morgan fingerprint density at radius 1 is 1.29 bits per heavy atom. The molecule has 21 heavy (non-hydrogen) atoms. The highest BCUT2D eigenvalue weighted by Crippen LogP contribution is 2.19. The van der Waals surface area contributed by atoms with Gasteiger partial charge in [-0.3, -0.25) is 4.90 Å². The van der Waals surface area contributed by atoms with Crippen LogP contribution in [0.4, 0.5) is 5.69 Å². The van der Waals surface area contributed by atoms with Crippen LogP contribution in [0.25, 0.3) is 11.1 Å². The number of fused-ring (bicyclic) bond motifs is 1. The van der Waals surface area contributed by atoms with Gasteiger partial charge in [-0.1, -0.05) is 0 Å². The van der Waals surface area contributed by atoms with E-state index in [0.29, 0.717) is 49.9 Å². The van der Waals surface area contributed by atoms with E-state index < -0.39 is 10.0 Å². The second-order valence-electron chi connectivity index (χ2n) is 5.27. The molecule has 1 fully saturated rings. The minimum atomic E-state index is -3.09. The average Bonchev–Trinajstić information content (AvgIpc) is 2.79. The number of anilines is 1. The third-order valence-electron chi connectivity index (χ3n) is 3.62. The number of piperazine rings is 1. The van der Waals surface area contributed by atoms with Gasteiger partial charge in [0.05, 0.1) is 12.8 Å². The molecule has 0 spiro atoms. The van der Waals surface area contributed by atoms with Crippen molar-refractivity contribution in [3.05, 3.63) is 24.1 Å². The van der Waals surface area contributed by atoms with Crippen LogP contribution in [0.5, 0.6) is 0 Å². The van der Waals surface area contributed by atoms with Gasteiger partial charge in [0.25, 0.3) is 0 Å². The van der Waals surface area contributed by atoms with Gasteiger partial charge in [0.2, 0.25) is 15.9 Å². The molecule has 2 aromatic rings. The minimum Gasteiger partial charge on any atom is -0.439 e. The van der Waals surface area contributed by atoms with Gasteiger partial charge >= 0.3 is 0 Å². The van der Waals surface area contributed by atoms with Crippen molar-refractivity contribution in [1.82, 2.24) is 14.2 Å². The van der Waals surface area contributed by atoms with Crippen molar-refractivity contribution in [2.24, 2.45) is 0 Å². The number of nitrogens with two attached hydrogens (primary N) is 1. The summed E-state index contributed by atoms with van der Waals surface area (Å²) in [6.07, 6.45) is 1.24. The van der Waals surface area contributed by atoms with Crippen molar-refractivity contribution in [1.29, 1.82) is 0 Å². The first-order valence-electron chi connectivity index (χ1n) is 6.74. The Hall–Kier alpha value is -1.64. The van der Waals surface area contributed by atoms with E-state index in [2.05, 4.69) is 9.88 Å². The van der Waals surface area contributed by atoms with E-state index in [9.17, 15) is 8.42 Å². The Balaban J connectivity index is 1.67. The van der Waals surface area contributed by atoms with Crippen molar-refractivity contribution in [2.75, 3.05) is 38.2 Å². The molecular weight excluding hydrogens is 292 g/mol. The van der Waals surface area contributed by atoms with Crippen molar-refractivity contribution in [2.45, 2.75) is 6.54 Å². The van der Waals surface area contributed by atoms with E-state index in [1.165, 1.54) is 10.6 Å². The fourth-order valence-corrected chi connectivity index (χ4v) is 3.30. The van der Waals surface area contributed by atoms with E-state index >= 15 is 0 Å². The number of hydrogen-bond acceptors (Lipinski definition) is 6. The summed E-state index contributed by atoms with van der Waals surface area (Å²) in [4.78, 5) is 6.55. The Kier molecular flexibility index (Phi) is 3.60. The molecule has 7 nitrogen and oxygen atoms in total. The summed E-state index contributed by atoms with van der Waals surface area (Å²) < 4.78 is 30.1. The Morgan fingerprint density at radius 2 is 2.00 bits per heavy atom. The quantitative estimate of drug-likeness (QED) is 0.829. The maximum absolute atomic E-state index is 11.5. The highest BCUT2D eigenvalue weighted by Gasteiger charge is 2.24. The molecule has 8 heteroatoms. The molecule has 1 aliphatic rings. The van der Waals surface area contributed by atoms with E-state index in [1.807, 2.05) is 6.07 Å². The van der Waals surface area contributed by atoms with Gasteiger partial charge in [-0.15, -0.1) is 0 Å². The van der Waals surface area contributed by atoms with Crippen molar-refractivity contribution < 1.29 is 12.8 Å². The zero-order valence-corrected chi connectivity index (χ0v) is 12.6. The molecule has 2 heterocycles. The lowest BCUT2D eigenvalue weighted by atomic mass is 10.3. The molecule has 0 radical (unpaired) electrons. The molecule has 2 N–H and O–H groups in total. The lowest BCUT2D eigenvalue weighted by Crippen LogP contribution is -2.47. The summed E-state index contributed by atoms with van der Waals surface area (Å²) in [5.74, 6) is 0.628. The summed E-state index contributed by atoms with van der Waals surface area (Å²) in [7, 11) is -3.09. The first kappa shape index (κ1) is 14.3. The number of rotatable bonds is 3. The second kappa shape index (κ2) is 5.28.